The molecule has 10 aromatic rings. The Hall–Kier alpha value is -7.69. The summed E-state index contributed by atoms with van der Waals surface area (Å²) in [5, 5.41) is 3.14. The van der Waals surface area contributed by atoms with Crippen molar-refractivity contribution >= 4 is 21.7 Å². The number of aromatic nitrogens is 3. The van der Waals surface area contributed by atoms with Crippen molar-refractivity contribution in [2.75, 3.05) is 0 Å². The molecule has 0 bridgehead atoms. The van der Waals surface area contributed by atoms with Crippen molar-refractivity contribution in [3.05, 3.63) is 222 Å². The average Bonchev–Trinajstić information content (AvgIpc) is 3.59. The Bertz CT molecular complexity index is 3160. The van der Waals surface area contributed by atoms with Gasteiger partial charge in [-0.1, -0.05) is 176 Å². The zero-order chi connectivity index (χ0) is 38.2. The summed E-state index contributed by atoms with van der Waals surface area (Å²) in [7, 11) is 0. The zero-order valence-electron chi connectivity index (χ0n) is 31.3. The van der Waals surface area contributed by atoms with E-state index in [0.717, 1.165) is 83.6 Å². The monoisotopic (exact) mass is 739 g/mol. The molecule has 0 saturated carbocycles. The van der Waals surface area contributed by atoms with Crippen molar-refractivity contribution in [3.8, 4) is 67.8 Å². The molecule has 0 atom stereocenters. The first-order chi connectivity index (χ1) is 28.8. The van der Waals surface area contributed by atoms with Gasteiger partial charge in [-0.3, -0.25) is 0 Å². The number of para-hydroxylation sites is 2. The summed E-state index contributed by atoms with van der Waals surface area (Å²) in [5.74, 6) is 2.42. The van der Waals surface area contributed by atoms with Gasteiger partial charge in [0.2, 0.25) is 0 Å². The highest BCUT2D eigenvalue weighted by atomic mass is 16.5. The maximum atomic E-state index is 7.17. The Morgan fingerprint density at radius 1 is 0.379 bits per heavy atom. The molecule has 12 rings (SSSR count). The molecular formula is C54H33N3O. The molecule has 2 aromatic heterocycles. The van der Waals surface area contributed by atoms with E-state index in [1.165, 1.54) is 22.3 Å². The number of rotatable bonds is 4. The highest BCUT2D eigenvalue weighted by Gasteiger charge is 2.51. The van der Waals surface area contributed by atoms with Crippen LogP contribution in [0.4, 0.5) is 0 Å². The van der Waals surface area contributed by atoms with Gasteiger partial charge in [-0.2, -0.15) is 0 Å². The van der Waals surface area contributed by atoms with Crippen LogP contribution in [0.5, 0.6) is 11.5 Å². The van der Waals surface area contributed by atoms with E-state index in [9.17, 15) is 0 Å². The van der Waals surface area contributed by atoms with Crippen molar-refractivity contribution < 1.29 is 4.74 Å². The van der Waals surface area contributed by atoms with Crippen molar-refractivity contribution in [1.29, 1.82) is 0 Å². The number of ether oxygens (including phenoxy) is 1. The second-order valence-electron chi connectivity index (χ2n) is 15.1. The van der Waals surface area contributed by atoms with Crippen LogP contribution < -0.4 is 4.74 Å². The van der Waals surface area contributed by atoms with E-state index in [4.69, 9.17) is 19.7 Å². The van der Waals surface area contributed by atoms with E-state index < -0.39 is 5.41 Å². The summed E-state index contributed by atoms with van der Waals surface area (Å²) < 4.78 is 7.17. The van der Waals surface area contributed by atoms with Gasteiger partial charge in [-0.05, 0) is 46.5 Å². The minimum absolute atomic E-state index is 0.560. The molecule has 270 valence electrons. The summed E-state index contributed by atoms with van der Waals surface area (Å²) in [5.41, 5.74) is 14.3. The summed E-state index contributed by atoms with van der Waals surface area (Å²) in [4.78, 5) is 15.6. The zero-order valence-corrected chi connectivity index (χ0v) is 31.3. The van der Waals surface area contributed by atoms with E-state index in [1.54, 1.807) is 0 Å². The Morgan fingerprint density at radius 3 is 1.72 bits per heavy atom. The van der Waals surface area contributed by atoms with E-state index in [-0.39, 0.29) is 0 Å². The summed E-state index contributed by atoms with van der Waals surface area (Å²) in [6.07, 6.45) is 0. The maximum absolute atomic E-state index is 7.17. The molecule has 4 nitrogen and oxygen atoms in total. The van der Waals surface area contributed by atoms with E-state index in [0.29, 0.717) is 5.82 Å². The lowest BCUT2D eigenvalue weighted by Gasteiger charge is -2.40. The molecule has 0 N–H and O–H groups in total. The van der Waals surface area contributed by atoms with Crippen molar-refractivity contribution in [2.45, 2.75) is 5.41 Å². The predicted octanol–water partition coefficient (Wildman–Crippen LogP) is 13.3. The van der Waals surface area contributed by atoms with E-state index in [2.05, 4.69) is 164 Å². The van der Waals surface area contributed by atoms with Gasteiger partial charge in [-0.15, -0.1) is 0 Å². The third-order valence-corrected chi connectivity index (χ3v) is 11.9. The van der Waals surface area contributed by atoms with Crippen molar-refractivity contribution in [3.63, 3.8) is 0 Å². The lowest BCUT2D eigenvalue weighted by Crippen LogP contribution is -2.32. The SMILES string of the molecule is c1ccc(-c2cc(-c3cccc(-c4nc5ccccc5c5c6c(ccc45)C4(c5ccccc5O6)c5ccccc5-c5ccccc54)c3)nc(-c3ccccc3)n2)cc1. The van der Waals surface area contributed by atoms with Crippen LogP contribution in [-0.2, 0) is 5.41 Å². The number of nitrogens with zero attached hydrogens (tertiary/aromatic N) is 3. The van der Waals surface area contributed by atoms with Gasteiger partial charge >= 0.3 is 0 Å². The lowest BCUT2D eigenvalue weighted by atomic mass is 9.65. The predicted molar refractivity (Wildman–Crippen MR) is 234 cm³/mol. The topological polar surface area (TPSA) is 47.9 Å². The first-order valence-corrected chi connectivity index (χ1v) is 19.7. The molecule has 3 heterocycles. The molecule has 0 fully saturated rings. The normalized spacial score (nSPS) is 13.1. The molecule has 8 aromatic carbocycles. The Balaban J connectivity index is 1.11. The fraction of sp³-hybridized carbons (Fsp3) is 0.0185. The molecule has 1 spiro atoms. The van der Waals surface area contributed by atoms with Crippen LogP contribution in [0.25, 0.3) is 78.0 Å². The fourth-order valence-corrected chi connectivity index (χ4v) is 9.46. The lowest BCUT2D eigenvalue weighted by molar-refractivity contribution is 0.442. The second kappa shape index (κ2) is 12.7. The number of hydrogen-bond acceptors (Lipinski definition) is 4. The third kappa shape index (κ3) is 4.72. The van der Waals surface area contributed by atoms with Gasteiger partial charge in [0.15, 0.2) is 5.82 Å². The molecule has 1 aliphatic heterocycles. The van der Waals surface area contributed by atoms with Crippen LogP contribution in [0, 0.1) is 0 Å². The largest absolute Gasteiger partial charge is 0.456 e. The summed E-state index contributed by atoms with van der Waals surface area (Å²) >= 11 is 0. The molecule has 0 radical (unpaired) electrons. The average molecular weight is 740 g/mol. The van der Waals surface area contributed by atoms with Crippen LogP contribution in [-0.4, -0.2) is 15.0 Å². The van der Waals surface area contributed by atoms with Crippen LogP contribution >= 0.6 is 0 Å². The number of pyridine rings is 1. The van der Waals surface area contributed by atoms with Gasteiger partial charge in [-0.25, -0.2) is 15.0 Å². The van der Waals surface area contributed by atoms with Gasteiger partial charge < -0.3 is 4.74 Å². The smallest absolute Gasteiger partial charge is 0.160 e. The van der Waals surface area contributed by atoms with Gasteiger partial charge in [0, 0.05) is 49.5 Å². The molecule has 1 aliphatic carbocycles. The molecule has 4 heteroatoms. The summed E-state index contributed by atoms with van der Waals surface area (Å²) in [6, 6.07) is 70.5. The van der Waals surface area contributed by atoms with Crippen LogP contribution in [0.15, 0.2) is 200 Å². The standard InChI is InChI=1S/C54H33N3O/c1-3-16-34(17-4-1)47-33-48(57-53(56-47)35-18-5-2-6-19-35)36-20-15-21-37(32-36)51-41-30-31-45-52(50(41)40-24-9-13-28-46(40)55-51)58-49-29-14-12-27-44(49)54(45)42-25-10-7-22-38(42)39-23-8-11-26-43(39)54/h1-33H. The quantitative estimate of drug-likeness (QED) is 0.169. The highest BCUT2D eigenvalue weighted by molar-refractivity contribution is 6.15. The Morgan fingerprint density at radius 2 is 0.966 bits per heavy atom. The second-order valence-corrected chi connectivity index (χ2v) is 15.1. The first kappa shape index (κ1) is 32.5. The molecule has 0 saturated heterocycles. The molecule has 0 unspecified atom stereocenters. The highest BCUT2D eigenvalue weighted by Crippen LogP contribution is 2.63. The first-order valence-electron chi connectivity index (χ1n) is 19.7. The Labute approximate surface area is 335 Å². The van der Waals surface area contributed by atoms with Crippen LogP contribution in [0.3, 0.4) is 0 Å². The van der Waals surface area contributed by atoms with Gasteiger partial charge in [0.05, 0.1) is 28.0 Å². The van der Waals surface area contributed by atoms with E-state index in [1.807, 2.05) is 36.4 Å². The molecule has 2 aliphatic rings. The minimum atomic E-state index is -0.560. The van der Waals surface area contributed by atoms with Gasteiger partial charge in [0.25, 0.3) is 0 Å². The van der Waals surface area contributed by atoms with Gasteiger partial charge in [0.1, 0.15) is 11.5 Å². The van der Waals surface area contributed by atoms with Crippen molar-refractivity contribution in [1.82, 2.24) is 15.0 Å². The van der Waals surface area contributed by atoms with Crippen LogP contribution in [0.2, 0.25) is 0 Å². The number of benzene rings is 8. The van der Waals surface area contributed by atoms with Crippen molar-refractivity contribution in [2.24, 2.45) is 0 Å². The molecule has 58 heavy (non-hydrogen) atoms. The molecule has 0 amide bonds. The molecular weight excluding hydrogens is 707 g/mol. The third-order valence-electron chi connectivity index (χ3n) is 11.9. The van der Waals surface area contributed by atoms with E-state index >= 15 is 0 Å². The fourth-order valence-electron chi connectivity index (χ4n) is 9.46. The summed E-state index contributed by atoms with van der Waals surface area (Å²) in [6.45, 7) is 0. The number of hydrogen-bond donors (Lipinski definition) is 0. The minimum Gasteiger partial charge on any atom is -0.456 e. The number of fused-ring (bicyclic) bond motifs is 13. The Kier molecular flexibility index (Phi) is 7.11. The van der Waals surface area contributed by atoms with Crippen LogP contribution in [0.1, 0.15) is 22.3 Å². The maximum Gasteiger partial charge on any atom is 0.160 e.